The number of phenolic OH excluding ortho intramolecular Hbond substituents is 1. The summed E-state index contributed by atoms with van der Waals surface area (Å²) >= 11 is 3.32. The van der Waals surface area contributed by atoms with Crippen LogP contribution in [-0.4, -0.2) is 23.8 Å². The van der Waals surface area contributed by atoms with Crippen LogP contribution in [0.15, 0.2) is 58.1 Å². The lowest BCUT2D eigenvalue weighted by molar-refractivity contribution is -0.123. The third-order valence-electron chi connectivity index (χ3n) is 2.46. The Bertz CT molecular complexity index is 642. The van der Waals surface area contributed by atoms with Crippen LogP contribution in [0.1, 0.15) is 5.56 Å². The van der Waals surface area contributed by atoms with E-state index in [1.54, 1.807) is 30.3 Å². The zero-order valence-corrected chi connectivity index (χ0v) is 12.6. The summed E-state index contributed by atoms with van der Waals surface area (Å²) in [6.45, 7) is -0.126. The maximum absolute atomic E-state index is 11.5. The Hall–Kier alpha value is -2.34. The molecular weight excluding hydrogens is 336 g/mol. The monoisotopic (exact) mass is 348 g/mol. The number of amides is 1. The van der Waals surface area contributed by atoms with Crippen LogP contribution in [0.4, 0.5) is 0 Å². The number of carbonyl (C=O) groups excluding carboxylic acids is 1. The molecule has 0 saturated heterocycles. The van der Waals surface area contributed by atoms with Crippen molar-refractivity contribution in [3.63, 3.8) is 0 Å². The zero-order chi connectivity index (χ0) is 15.1. The summed E-state index contributed by atoms with van der Waals surface area (Å²) in [7, 11) is 0. The molecule has 0 aliphatic heterocycles. The van der Waals surface area contributed by atoms with E-state index in [4.69, 9.17) is 4.74 Å². The first-order valence-electron chi connectivity index (χ1n) is 6.13. The number of aromatic hydroxyl groups is 1. The van der Waals surface area contributed by atoms with Crippen LogP contribution in [0.2, 0.25) is 0 Å². The van der Waals surface area contributed by atoms with E-state index in [2.05, 4.69) is 26.5 Å². The molecule has 0 saturated carbocycles. The summed E-state index contributed by atoms with van der Waals surface area (Å²) in [5.74, 6) is 0.378. The van der Waals surface area contributed by atoms with Crippen LogP contribution >= 0.6 is 15.9 Å². The van der Waals surface area contributed by atoms with Gasteiger partial charge in [-0.25, -0.2) is 5.43 Å². The second-order valence-electron chi connectivity index (χ2n) is 4.13. The fourth-order valence-corrected chi connectivity index (χ4v) is 1.76. The summed E-state index contributed by atoms with van der Waals surface area (Å²) in [4.78, 5) is 11.5. The lowest BCUT2D eigenvalue weighted by Crippen LogP contribution is -2.24. The number of hydrogen-bond acceptors (Lipinski definition) is 4. The molecule has 0 unspecified atom stereocenters. The summed E-state index contributed by atoms with van der Waals surface area (Å²) in [6.07, 6.45) is 1.44. The number of benzene rings is 2. The van der Waals surface area contributed by atoms with E-state index >= 15 is 0 Å². The van der Waals surface area contributed by atoms with Gasteiger partial charge in [0.1, 0.15) is 11.5 Å². The second kappa shape index (κ2) is 7.44. The minimum atomic E-state index is -0.366. The topological polar surface area (TPSA) is 70.9 Å². The Balaban J connectivity index is 1.78. The van der Waals surface area contributed by atoms with E-state index in [1.165, 1.54) is 12.3 Å². The molecule has 108 valence electrons. The normalized spacial score (nSPS) is 10.5. The maximum atomic E-state index is 11.5. The maximum Gasteiger partial charge on any atom is 0.277 e. The molecule has 5 nitrogen and oxygen atoms in total. The molecule has 0 aliphatic rings. The number of hydrogen-bond donors (Lipinski definition) is 2. The molecule has 2 N–H and O–H groups in total. The Labute approximate surface area is 130 Å². The SMILES string of the molecule is O=C(COc1ccc(Br)cc1)N/N=C\c1cccc(O)c1. The van der Waals surface area contributed by atoms with Crippen molar-refractivity contribution in [1.29, 1.82) is 0 Å². The number of hydrazone groups is 1. The Kier molecular flexibility index (Phi) is 5.34. The first kappa shape index (κ1) is 15.1. The molecule has 2 aromatic carbocycles. The lowest BCUT2D eigenvalue weighted by Gasteiger charge is -2.04. The van der Waals surface area contributed by atoms with E-state index in [1.807, 2.05) is 12.1 Å². The highest BCUT2D eigenvalue weighted by molar-refractivity contribution is 9.10. The molecule has 2 aromatic rings. The van der Waals surface area contributed by atoms with Crippen LogP contribution in [0.5, 0.6) is 11.5 Å². The molecule has 6 heteroatoms. The Morgan fingerprint density at radius 3 is 2.76 bits per heavy atom. The van der Waals surface area contributed by atoms with E-state index in [0.717, 1.165) is 4.47 Å². The van der Waals surface area contributed by atoms with Gasteiger partial charge in [0.25, 0.3) is 5.91 Å². The molecular formula is C15H13BrN2O3. The van der Waals surface area contributed by atoms with Gasteiger partial charge in [-0.2, -0.15) is 5.10 Å². The second-order valence-corrected chi connectivity index (χ2v) is 5.05. The van der Waals surface area contributed by atoms with Crippen molar-refractivity contribution in [2.45, 2.75) is 0 Å². The largest absolute Gasteiger partial charge is 0.508 e. The minimum Gasteiger partial charge on any atom is -0.508 e. The average molecular weight is 349 g/mol. The standard InChI is InChI=1S/C15H13BrN2O3/c16-12-4-6-14(7-5-12)21-10-15(20)18-17-9-11-2-1-3-13(19)8-11/h1-9,19H,10H2,(H,18,20)/b17-9-. The van der Waals surface area contributed by atoms with Gasteiger partial charge in [-0.05, 0) is 42.0 Å². The molecule has 0 aromatic heterocycles. The van der Waals surface area contributed by atoms with Crippen molar-refractivity contribution in [1.82, 2.24) is 5.43 Å². The van der Waals surface area contributed by atoms with Gasteiger partial charge in [0.15, 0.2) is 6.61 Å². The molecule has 0 fully saturated rings. The highest BCUT2D eigenvalue weighted by atomic mass is 79.9. The predicted molar refractivity (Wildman–Crippen MR) is 83.5 cm³/mol. The van der Waals surface area contributed by atoms with Crippen molar-refractivity contribution in [2.75, 3.05) is 6.61 Å². The quantitative estimate of drug-likeness (QED) is 0.644. The van der Waals surface area contributed by atoms with Gasteiger partial charge in [-0.15, -0.1) is 0 Å². The number of ether oxygens (including phenoxy) is 1. The van der Waals surface area contributed by atoms with Crippen molar-refractivity contribution in [3.8, 4) is 11.5 Å². The van der Waals surface area contributed by atoms with Crippen molar-refractivity contribution in [2.24, 2.45) is 5.10 Å². The van der Waals surface area contributed by atoms with Crippen LogP contribution < -0.4 is 10.2 Å². The van der Waals surface area contributed by atoms with Gasteiger partial charge in [-0.3, -0.25) is 4.79 Å². The predicted octanol–water partition coefficient (Wildman–Crippen LogP) is 2.68. The smallest absolute Gasteiger partial charge is 0.277 e. The first-order chi connectivity index (χ1) is 10.1. The highest BCUT2D eigenvalue weighted by Gasteiger charge is 2.01. The molecule has 0 spiro atoms. The fourth-order valence-electron chi connectivity index (χ4n) is 1.50. The highest BCUT2D eigenvalue weighted by Crippen LogP contribution is 2.15. The van der Waals surface area contributed by atoms with Crippen LogP contribution in [0.25, 0.3) is 0 Å². The van der Waals surface area contributed by atoms with E-state index in [-0.39, 0.29) is 18.3 Å². The number of carbonyl (C=O) groups is 1. The Morgan fingerprint density at radius 2 is 2.05 bits per heavy atom. The first-order valence-corrected chi connectivity index (χ1v) is 6.92. The number of nitrogens with zero attached hydrogens (tertiary/aromatic N) is 1. The molecule has 0 atom stereocenters. The van der Waals surface area contributed by atoms with Crippen molar-refractivity contribution < 1.29 is 14.6 Å². The van der Waals surface area contributed by atoms with Crippen LogP contribution in [-0.2, 0) is 4.79 Å². The third kappa shape index (κ3) is 5.27. The number of rotatable bonds is 5. The molecule has 0 radical (unpaired) electrons. The molecule has 0 heterocycles. The molecule has 2 rings (SSSR count). The molecule has 0 aliphatic carbocycles. The van der Waals surface area contributed by atoms with E-state index < -0.39 is 0 Å². The lowest BCUT2D eigenvalue weighted by atomic mass is 10.2. The summed E-state index contributed by atoms with van der Waals surface area (Å²) in [6, 6.07) is 13.7. The van der Waals surface area contributed by atoms with Gasteiger partial charge in [0, 0.05) is 4.47 Å². The van der Waals surface area contributed by atoms with Crippen molar-refractivity contribution in [3.05, 3.63) is 58.6 Å². The average Bonchev–Trinajstić information content (AvgIpc) is 2.47. The molecule has 21 heavy (non-hydrogen) atoms. The number of nitrogens with one attached hydrogen (secondary N) is 1. The van der Waals surface area contributed by atoms with Gasteiger partial charge < -0.3 is 9.84 Å². The van der Waals surface area contributed by atoms with Gasteiger partial charge in [-0.1, -0.05) is 28.1 Å². The van der Waals surface area contributed by atoms with E-state index in [0.29, 0.717) is 11.3 Å². The zero-order valence-electron chi connectivity index (χ0n) is 11.0. The van der Waals surface area contributed by atoms with Crippen LogP contribution in [0.3, 0.4) is 0 Å². The Morgan fingerprint density at radius 1 is 1.29 bits per heavy atom. The van der Waals surface area contributed by atoms with Crippen LogP contribution in [0, 0.1) is 0 Å². The number of halogens is 1. The summed E-state index contributed by atoms with van der Waals surface area (Å²) < 4.78 is 6.24. The fraction of sp³-hybridized carbons (Fsp3) is 0.0667. The van der Waals surface area contributed by atoms with Crippen molar-refractivity contribution >= 4 is 28.1 Å². The van der Waals surface area contributed by atoms with E-state index in [9.17, 15) is 9.90 Å². The minimum absolute atomic E-state index is 0.126. The third-order valence-corrected chi connectivity index (χ3v) is 2.99. The van der Waals surface area contributed by atoms with Gasteiger partial charge in [0.2, 0.25) is 0 Å². The molecule has 1 amide bonds. The van der Waals surface area contributed by atoms with Gasteiger partial charge >= 0.3 is 0 Å². The number of phenols is 1. The summed E-state index contributed by atoms with van der Waals surface area (Å²) in [5, 5.41) is 13.1. The summed E-state index contributed by atoms with van der Waals surface area (Å²) in [5.41, 5.74) is 3.03. The molecule has 0 bridgehead atoms. The van der Waals surface area contributed by atoms with Gasteiger partial charge in [0.05, 0.1) is 6.21 Å².